The third-order valence-electron chi connectivity index (χ3n) is 4.65. The monoisotopic (exact) mass is 338 g/mol. The highest BCUT2D eigenvalue weighted by Crippen LogP contribution is 2.25. The summed E-state index contributed by atoms with van der Waals surface area (Å²) in [6.07, 6.45) is 2.53. The Labute approximate surface area is 146 Å². The summed E-state index contributed by atoms with van der Waals surface area (Å²) < 4.78 is 1.81. The lowest BCUT2D eigenvalue weighted by Gasteiger charge is -2.23. The standard InChI is InChI=1S/C18H22N6O/c1-13-21-16(19-11-18(25)8-9-23(2)12-18)15-10-20-24(17(15)22-13)14-6-4-3-5-7-14/h3-7,10,25H,8-9,11-12H2,1-2H3,(H,19,21,22). The van der Waals surface area contributed by atoms with E-state index < -0.39 is 5.60 Å². The summed E-state index contributed by atoms with van der Waals surface area (Å²) in [7, 11) is 2.02. The Kier molecular flexibility index (Phi) is 3.89. The van der Waals surface area contributed by atoms with Crippen molar-refractivity contribution in [1.82, 2.24) is 24.6 Å². The number of likely N-dealkylation sites (N-methyl/N-ethyl adjacent to an activating group) is 1. The first-order chi connectivity index (χ1) is 12.0. The average Bonchev–Trinajstić information content (AvgIpc) is 3.17. The van der Waals surface area contributed by atoms with Crippen LogP contribution < -0.4 is 5.32 Å². The minimum absolute atomic E-state index is 0.458. The zero-order valence-corrected chi connectivity index (χ0v) is 14.5. The molecule has 4 rings (SSSR count). The van der Waals surface area contributed by atoms with Crippen LogP contribution in [0.1, 0.15) is 12.2 Å². The first-order valence-corrected chi connectivity index (χ1v) is 8.47. The number of hydrogen-bond donors (Lipinski definition) is 2. The quantitative estimate of drug-likeness (QED) is 0.752. The molecule has 1 atom stereocenters. The SMILES string of the molecule is Cc1nc(NCC2(O)CCN(C)C2)c2cnn(-c3ccccc3)c2n1. The molecule has 1 saturated heterocycles. The van der Waals surface area contributed by atoms with E-state index >= 15 is 0 Å². The van der Waals surface area contributed by atoms with Crippen LogP contribution in [0.4, 0.5) is 5.82 Å². The Morgan fingerprint density at radius 1 is 1.24 bits per heavy atom. The molecule has 3 heterocycles. The molecule has 1 unspecified atom stereocenters. The number of aliphatic hydroxyl groups is 1. The highest BCUT2D eigenvalue weighted by molar-refractivity contribution is 5.87. The van der Waals surface area contributed by atoms with E-state index in [1.165, 1.54) is 0 Å². The van der Waals surface area contributed by atoms with Crippen molar-refractivity contribution >= 4 is 16.9 Å². The molecule has 7 nitrogen and oxygen atoms in total. The van der Waals surface area contributed by atoms with Crippen molar-refractivity contribution in [2.45, 2.75) is 18.9 Å². The summed E-state index contributed by atoms with van der Waals surface area (Å²) in [5.74, 6) is 1.39. The van der Waals surface area contributed by atoms with Gasteiger partial charge in [0, 0.05) is 19.6 Å². The second-order valence-electron chi connectivity index (χ2n) is 6.81. The van der Waals surface area contributed by atoms with Crippen molar-refractivity contribution in [3.8, 4) is 5.69 Å². The molecule has 1 aliphatic heterocycles. The number of benzene rings is 1. The maximum atomic E-state index is 10.7. The Balaban J connectivity index is 1.67. The van der Waals surface area contributed by atoms with Crippen LogP contribution in [0.25, 0.3) is 16.7 Å². The van der Waals surface area contributed by atoms with Crippen molar-refractivity contribution in [2.24, 2.45) is 0 Å². The van der Waals surface area contributed by atoms with Gasteiger partial charge in [-0.15, -0.1) is 0 Å². The van der Waals surface area contributed by atoms with Gasteiger partial charge >= 0.3 is 0 Å². The maximum Gasteiger partial charge on any atom is 0.168 e. The molecule has 0 aliphatic carbocycles. The Morgan fingerprint density at radius 2 is 2.04 bits per heavy atom. The number of rotatable bonds is 4. The molecule has 1 aliphatic rings. The molecule has 1 aromatic carbocycles. The minimum Gasteiger partial charge on any atom is -0.387 e. The fourth-order valence-corrected chi connectivity index (χ4v) is 3.36. The van der Waals surface area contributed by atoms with Crippen LogP contribution in [-0.2, 0) is 0 Å². The number of hydrogen-bond acceptors (Lipinski definition) is 6. The number of β-amino-alcohol motifs (C(OH)–C–C–N with tert-alkyl or cyclic N) is 1. The third-order valence-corrected chi connectivity index (χ3v) is 4.65. The number of likely N-dealkylation sites (tertiary alicyclic amines) is 1. The van der Waals surface area contributed by atoms with Crippen LogP contribution in [0.15, 0.2) is 36.5 Å². The van der Waals surface area contributed by atoms with Crippen LogP contribution in [-0.4, -0.2) is 62.0 Å². The minimum atomic E-state index is -0.727. The summed E-state index contributed by atoms with van der Waals surface area (Å²) in [5.41, 5.74) is 0.990. The predicted molar refractivity (Wildman–Crippen MR) is 97.0 cm³/mol. The molecule has 0 radical (unpaired) electrons. The summed E-state index contributed by atoms with van der Waals surface area (Å²) >= 11 is 0. The molecular formula is C18H22N6O. The van der Waals surface area contributed by atoms with Gasteiger partial charge in [-0.05, 0) is 32.5 Å². The van der Waals surface area contributed by atoms with Crippen molar-refractivity contribution in [3.05, 3.63) is 42.4 Å². The third kappa shape index (κ3) is 3.08. The van der Waals surface area contributed by atoms with Gasteiger partial charge in [0.1, 0.15) is 11.6 Å². The summed E-state index contributed by atoms with van der Waals surface area (Å²) in [5, 5.41) is 19.3. The summed E-state index contributed by atoms with van der Waals surface area (Å²) in [6.45, 7) is 3.89. The van der Waals surface area contributed by atoms with E-state index in [0.29, 0.717) is 24.7 Å². The molecule has 7 heteroatoms. The second-order valence-corrected chi connectivity index (χ2v) is 6.81. The highest BCUT2D eigenvalue weighted by Gasteiger charge is 2.34. The number of anilines is 1. The number of aromatic nitrogens is 4. The lowest BCUT2D eigenvalue weighted by molar-refractivity contribution is 0.0653. The van der Waals surface area contributed by atoms with E-state index in [2.05, 4.69) is 25.3 Å². The van der Waals surface area contributed by atoms with Crippen molar-refractivity contribution in [3.63, 3.8) is 0 Å². The van der Waals surface area contributed by atoms with Gasteiger partial charge in [-0.3, -0.25) is 0 Å². The van der Waals surface area contributed by atoms with Crippen molar-refractivity contribution < 1.29 is 5.11 Å². The molecule has 0 spiro atoms. The first-order valence-electron chi connectivity index (χ1n) is 8.47. The molecular weight excluding hydrogens is 316 g/mol. The van der Waals surface area contributed by atoms with Crippen molar-refractivity contribution in [2.75, 3.05) is 32.0 Å². The Bertz CT molecular complexity index is 893. The van der Waals surface area contributed by atoms with E-state index in [1.54, 1.807) is 6.20 Å². The highest BCUT2D eigenvalue weighted by atomic mass is 16.3. The van der Waals surface area contributed by atoms with E-state index in [0.717, 1.165) is 29.7 Å². The normalized spacial score (nSPS) is 21.1. The molecule has 0 amide bonds. The molecule has 2 aromatic heterocycles. The van der Waals surface area contributed by atoms with Gasteiger partial charge in [-0.25, -0.2) is 14.6 Å². The zero-order chi connectivity index (χ0) is 17.4. The van der Waals surface area contributed by atoms with Crippen LogP contribution in [0.5, 0.6) is 0 Å². The second kappa shape index (κ2) is 6.09. The van der Waals surface area contributed by atoms with Gasteiger partial charge < -0.3 is 15.3 Å². The number of fused-ring (bicyclic) bond motifs is 1. The van der Waals surface area contributed by atoms with Gasteiger partial charge in [0.2, 0.25) is 0 Å². The van der Waals surface area contributed by atoms with Crippen LogP contribution in [0, 0.1) is 6.92 Å². The van der Waals surface area contributed by atoms with Crippen LogP contribution in [0.3, 0.4) is 0 Å². The van der Waals surface area contributed by atoms with E-state index in [4.69, 9.17) is 0 Å². The molecule has 0 bridgehead atoms. The van der Waals surface area contributed by atoms with Gasteiger partial charge in [-0.1, -0.05) is 18.2 Å². The maximum absolute atomic E-state index is 10.7. The van der Waals surface area contributed by atoms with Gasteiger partial charge in [0.05, 0.1) is 22.9 Å². The van der Waals surface area contributed by atoms with E-state index in [-0.39, 0.29) is 0 Å². The molecule has 130 valence electrons. The molecule has 25 heavy (non-hydrogen) atoms. The first kappa shape index (κ1) is 16.0. The summed E-state index contributed by atoms with van der Waals surface area (Å²) in [6, 6.07) is 9.91. The largest absolute Gasteiger partial charge is 0.387 e. The van der Waals surface area contributed by atoms with E-state index in [9.17, 15) is 5.11 Å². The molecule has 0 saturated carbocycles. The predicted octanol–water partition coefficient (Wildman–Crippen LogP) is 1.60. The average molecular weight is 338 g/mol. The van der Waals surface area contributed by atoms with Crippen molar-refractivity contribution in [1.29, 1.82) is 0 Å². The fraction of sp³-hybridized carbons (Fsp3) is 0.389. The lowest BCUT2D eigenvalue weighted by Crippen LogP contribution is -2.39. The van der Waals surface area contributed by atoms with Crippen LogP contribution in [0.2, 0.25) is 0 Å². The molecule has 1 fully saturated rings. The van der Waals surface area contributed by atoms with Gasteiger partial charge in [0.15, 0.2) is 5.65 Å². The lowest BCUT2D eigenvalue weighted by atomic mass is 10.0. The Morgan fingerprint density at radius 3 is 2.76 bits per heavy atom. The van der Waals surface area contributed by atoms with Crippen LogP contribution >= 0.6 is 0 Å². The van der Waals surface area contributed by atoms with Gasteiger partial charge in [-0.2, -0.15) is 5.10 Å². The molecule has 3 aromatic rings. The molecule has 2 N–H and O–H groups in total. The fourth-order valence-electron chi connectivity index (χ4n) is 3.36. The number of nitrogens with one attached hydrogen (secondary N) is 1. The zero-order valence-electron chi connectivity index (χ0n) is 14.5. The number of aryl methyl sites for hydroxylation is 1. The smallest absolute Gasteiger partial charge is 0.168 e. The number of para-hydroxylation sites is 1. The number of nitrogens with zero attached hydrogens (tertiary/aromatic N) is 5. The van der Waals surface area contributed by atoms with Gasteiger partial charge in [0.25, 0.3) is 0 Å². The Hall–Kier alpha value is -2.51. The van der Waals surface area contributed by atoms with E-state index in [1.807, 2.05) is 49.0 Å². The summed E-state index contributed by atoms with van der Waals surface area (Å²) in [4.78, 5) is 11.2. The topological polar surface area (TPSA) is 79.1 Å².